The highest BCUT2D eigenvalue weighted by Crippen LogP contribution is 2.04. The normalized spacial score (nSPS) is 12.7. The highest BCUT2D eigenvalue weighted by Gasteiger charge is 2.11. The van der Waals surface area contributed by atoms with E-state index in [0.717, 1.165) is 6.08 Å². The van der Waals surface area contributed by atoms with E-state index >= 15 is 0 Å². The molecular weight excluding hydrogens is 156 g/mol. The predicted octanol–water partition coefficient (Wildman–Crippen LogP) is 1.88. The molecule has 0 rings (SSSR count). The van der Waals surface area contributed by atoms with Crippen LogP contribution in [-0.2, 0) is 14.3 Å². The SMILES string of the molecule is C=CC(=O)OC(CC)OC(C)C. The molecule has 70 valence electrons. The molecule has 0 heterocycles. The average Bonchev–Trinajstić information content (AvgIpc) is 2.02. The Morgan fingerprint density at radius 1 is 1.58 bits per heavy atom. The predicted molar refractivity (Wildman–Crippen MR) is 46.6 cm³/mol. The van der Waals surface area contributed by atoms with Gasteiger partial charge in [0.05, 0.1) is 6.10 Å². The molecule has 0 saturated carbocycles. The minimum atomic E-state index is -0.449. The molecule has 3 heteroatoms. The molecule has 0 aromatic carbocycles. The molecule has 0 amide bonds. The number of ether oxygens (including phenoxy) is 2. The first-order chi connectivity index (χ1) is 5.60. The summed E-state index contributed by atoms with van der Waals surface area (Å²) in [6.07, 6.45) is 1.40. The van der Waals surface area contributed by atoms with Gasteiger partial charge in [0.2, 0.25) is 6.29 Å². The van der Waals surface area contributed by atoms with Crippen molar-refractivity contribution < 1.29 is 14.3 Å². The lowest BCUT2D eigenvalue weighted by Crippen LogP contribution is -2.22. The van der Waals surface area contributed by atoms with Crippen molar-refractivity contribution >= 4 is 5.97 Å². The Morgan fingerprint density at radius 2 is 2.17 bits per heavy atom. The number of esters is 1. The number of hydrogen-bond acceptors (Lipinski definition) is 3. The quantitative estimate of drug-likeness (QED) is 0.361. The summed E-state index contributed by atoms with van der Waals surface area (Å²) in [5.74, 6) is -0.442. The Kier molecular flexibility index (Phi) is 5.37. The largest absolute Gasteiger partial charge is 0.433 e. The van der Waals surface area contributed by atoms with Crippen molar-refractivity contribution in [1.29, 1.82) is 0 Å². The molecule has 12 heavy (non-hydrogen) atoms. The molecule has 0 bridgehead atoms. The summed E-state index contributed by atoms with van der Waals surface area (Å²) < 4.78 is 10.2. The molecule has 0 aliphatic heterocycles. The van der Waals surface area contributed by atoms with Gasteiger partial charge in [-0.15, -0.1) is 0 Å². The third-order valence-electron chi connectivity index (χ3n) is 1.17. The van der Waals surface area contributed by atoms with E-state index in [9.17, 15) is 4.79 Å². The Bertz CT molecular complexity index is 152. The fraction of sp³-hybridized carbons (Fsp3) is 0.667. The van der Waals surface area contributed by atoms with Crippen LogP contribution in [0.25, 0.3) is 0 Å². The van der Waals surface area contributed by atoms with E-state index in [2.05, 4.69) is 6.58 Å². The van der Waals surface area contributed by atoms with Crippen LogP contribution >= 0.6 is 0 Å². The summed E-state index contributed by atoms with van der Waals surface area (Å²) in [6, 6.07) is 0. The van der Waals surface area contributed by atoms with Gasteiger partial charge < -0.3 is 9.47 Å². The lowest BCUT2D eigenvalue weighted by Gasteiger charge is -2.18. The summed E-state index contributed by atoms with van der Waals surface area (Å²) in [4.78, 5) is 10.7. The third-order valence-corrected chi connectivity index (χ3v) is 1.17. The molecule has 1 atom stereocenters. The Balaban J connectivity index is 3.82. The van der Waals surface area contributed by atoms with E-state index in [-0.39, 0.29) is 6.10 Å². The maximum absolute atomic E-state index is 10.7. The summed E-state index contributed by atoms with van der Waals surface area (Å²) in [7, 11) is 0. The van der Waals surface area contributed by atoms with E-state index in [1.165, 1.54) is 0 Å². The van der Waals surface area contributed by atoms with E-state index < -0.39 is 12.3 Å². The summed E-state index contributed by atoms with van der Waals surface area (Å²) in [6.45, 7) is 8.98. The summed E-state index contributed by atoms with van der Waals surface area (Å²) in [5.41, 5.74) is 0. The molecule has 0 spiro atoms. The minimum Gasteiger partial charge on any atom is -0.433 e. The van der Waals surface area contributed by atoms with Crippen LogP contribution in [-0.4, -0.2) is 18.4 Å². The highest BCUT2D eigenvalue weighted by atomic mass is 16.7. The van der Waals surface area contributed by atoms with E-state index in [1.807, 2.05) is 20.8 Å². The van der Waals surface area contributed by atoms with Crippen LogP contribution in [0.5, 0.6) is 0 Å². The zero-order valence-corrected chi connectivity index (χ0v) is 7.87. The zero-order valence-electron chi connectivity index (χ0n) is 7.87. The molecular formula is C9H16O3. The van der Waals surface area contributed by atoms with Gasteiger partial charge in [-0.2, -0.15) is 0 Å². The Hall–Kier alpha value is -0.830. The number of hydrogen-bond donors (Lipinski definition) is 0. The maximum atomic E-state index is 10.7. The van der Waals surface area contributed by atoms with Crippen LogP contribution in [0.3, 0.4) is 0 Å². The third kappa shape index (κ3) is 4.91. The fourth-order valence-electron chi connectivity index (χ4n) is 0.689. The smallest absolute Gasteiger partial charge is 0.332 e. The lowest BCUT2D eigenvalue weighted by atomic mass is 10.4. The summed E-state index contributed by atoms with van der Waals surface area (Å²) in [5, 5.41) is 0. The van der Waals surface area contributed by atoms with Gasteiger partial charge in [0.1, 0.15) is 0 Å². The van der Waals surface area contributed by atoms with Gasteiger partial charge in [0, 0.05) is 12.5 Å². The molecule has 0 N–H and O–H groups in total. The van der Waals surface area contributed by atoms with Crippen LogP contribution in [0.4, 0.5) is 0 Å². The van der Waals surface area contributed by atoms with Crippen LogP contribution < -0.4 is 0 Å². The second-order valence-electron chi connectivity index (χ2n) is 2.66. The molecule has 0 aliphatic rings. The Morgan fingerprint density at radius 3 is 2.50 bits per heavy atom. The lowest BCUT2D eigenvalue weighted by molar-refractivity contribution is -0.181. The minimum absolute atomic E-state index is 0.0626. The van der Waals surface area contributed by atoms with Crippen LogP contribution in [0.15, 0.2) is 12.7 Å². The number of rotatable bonds is 5. The van der Waals surface area contributed by atoms with Crippen molar-refractivity contribution in [2.24, 2.45) is 0 Å². The first-order valence-electron chi connectivity index (χ1n) is 4.08. The van der Waals surface area contributed by atoms with Crippen LogP contribution in [0.2, 0.25) is 0 Å². The van der Waals surface area contributed by atoms with Gasteiger partial charge in [-0.05, 0) is 13.8 Å². The number of carbonyl (C=O) groups is 1. The summed E-state index contributed by atoms with van der Waals surface area (Å²) >= 11 is 0. The molecule has 3 nitrogen and oxygen atoms in total. The molecule has 0 saturated heterocycles. The Labute approximate surface area is 73.4 Å². The standard InChI is InChI=1S/C9H16O3/c1-5-8(10)12-9(6-2)11-7(3)4/h5,7,9H,1,6H2,2-4H3. The van der Waals surface area contributed by atoms with Crippen molar-refractivity contribution in [2.45, 2.75) is 39.6 Å². The number of carbonyl (C=O) groups excluding carboxylic acids is 1. The van der Waals surface area contributed by atoms with Gasteiger partial charge in [-0.1, -0.05) is 13.5 Å². The first kappa shape index (κ1) is 11.2. The molecule has 0 fully saturated rings. The van der Waals surface area contributed by atoms with Crippen molar-refractivity contribution in [3.05, 3.63) is 12.7 Å². The molecule has 0 aromatic rings. The molecule has 0 aromatic heterocycles. The van der Waals surface area contributed by atoms with Crippen molar-refractivity contribution in [3.63, 3.8) is 0 Å². The maximum Gasteiger partial charge on any atom is 0.332 e. The van der Waals surface area contributed by atoms with Crippen LogP contribution in [0, 0.1) is 0 Å². The second-order valence-corrected chi connectivity index (χ2v) is 2.66. The second kappa shape index (κ2) is 5.77. The van der Waals surface area contributed by atoms with E-state index in [0.29, 0.717) is 6.42 Å². The topological polar surface area (TPSA) is 35.5 Å². The van der Waals surface area contributed by atoms with Gasteiger partial charge in [0.25, 0.3) is 0 Å². The van der Waals surface area contributed by atoms with Gasteiger partial charge >= 0.3 is 5.97 Å². The van der Waals surface area contributed by atoms with E-state index in [4.69, 9.17) is 9.47 Å². The molecule has 1 unspecified atom stereocenters. The fourth-order valence-corrected chi connectivity index (χ4v) is 0.689. The van der Waals surface area contributed by atoms with E-state index in [1.54, 1.807) is 0 Å². The monoisotopic (exact) mass is 172 g/mol. The van der Waals surface area contributed by atoms with Gasteiger partial charge in [0.15, 0.2) is 0 Å². The van der Waals surface area contributed by atoms with Crippen LogP contribution in [0.1, 0.15) is 27.2 Å². The first-order valence-corrected chi connectivity index (χ1v) is 4.08. The highest BCUT2D eigenvalue weighted by molar-refractivity contribution is 5.81. The van der Waals surface area contributed by atoms with Gasteiger partial charge in [-0.3, -0.25) is 0 Å². The van der Waals surface area contributed by atoms with Crippen molar-refractivity contribution in [2.75, 3.05) is 0 Å². The van der Waals surface area contributed by atoms with Crippen molar-refractivity contribution in [3.8, 4) is 0 Å². The molecule has 0 radical (unpaired) electrons. The van der Waals surface area contributed by atoms with Crippen molar-refractivity contribution in [1.82, 2.24) is 0 Å². The van der Waals surface area contributed by atoms with Gasteiger partial charge in [-0.25, -0.2) is 4.79 Å². The zero-order chi connectivity index (χ0) is 9.56. The average molecular weight is 172 g/mol. The molecule has 0 aliphatic carbocycles.